The van der Waals surface area contributed by atoms with E-state index >= 15 is 0 Å². The molecule has 0 spiro atoms. The van der Waals surface area contributed by atoms with Crippen molar-refractivity contribution >= 4 is 17.8 Å². The molecule has 1 N–H and O–H groups in total. The highest BCUT2D eigenvalue weighted by atomic mass is 16.6. The van der Waals surface area contributed by atoms with Crippen LogP contribution in [-0.2, 0) is 14.3 Å². The average Bonchev–Trinajstić information content (AvgIpc) is 2.42. The van der Waals surface area contributed by atoms with E-state index < -0.39 is 11.7 Å². The van der Waals surface area contributed by atoms with Crippen molar-refractivity contribution in [2.45, 2.75) is 78.4 Å². The molecule has 1 fully saturated rings. The summed E-state index contributed by atoms with van der Waals surface area (Å²) >= 11 is 0. The second kappa shape index (κ2) is 9.04. The van der Waals surface area contributed by atoms with Gasteiger partial charge in [-0.1, -0.05) is 6.92 Å². The van der Waals surface area contributed by atoms with Crippen LogP contribution in [0.15, 0.2) is 0 Å². The number of ketones is 1. The maximum absolute atomic E-state index is 12.4. The number of hydrogen-bond donors (Lipinski definition) is 1. The quantitative estimate of drug-likeness (QED) is 0.806. The third-order valence-corrected chi connectivity index (χ3v) is 4.10. The number of piperidine rings is 1. The van der Waals surface area contributed by atoms with Crippen LogP contribution < -0.4 is 5.32 Å². The molecule has 0 bridgehead atoms. The summed E-state index contributed by atoms with van der Waals surface area (Å²) in [5.41, 5.74) is -0.536. The van der Waals surface area contributed by atoms with Crippen molar-refractivity contribution in [3.8, 4) is 0 Å². The third-order valence-electron chi connectivity index (χ3n) is 4.10. The first-order chi connectivity index (χ1) is 11.1. The van der Waals surface area contributed by atoms with Crippen LogP contribution in [-0.4, -0.2) is 47.4 Å². The van der Waals surface area contributed by atoms with Gasteiger partial charge in [0.1, 0.15) is 11.4 Å². The lowest BCUT2D eigenvalue weighted by Crippen LogP contribution is -2.51. The summed E-state index contributed by atoms with van der Waals surface area (Å²) in [4.78, 5) is 37.1. The lowest BCUT2D eigenvalue weighted by molar-refractivity contribution is -0.135. The van der Waals surface area contributed by atoms with Gasteiger partial charge in [0, 0.05) is 32.0 Å². The molecule has 1 rings (SSSR count). The van der Waals surface area contributed by atoms with Gasteiger partial charge >= 0.3 is 6.09 Å². The number of hydrogen-bond acceptors (Lipinski definition) is 4. The van der Waals surface area contributed by atoms with Crippen molar-refractivity contribution in [3.05, 3.63) is 0 Å². The Morgan fingerprint density at radius 3 is 2.46 bits per heavy atom. The number of likely N-dealkylation sites (tertiary alicyclic amines) is 1. The Bertz CT molecular complexity index is 456. The Kier molecular flexibility index (Phi) is 7.70. The molecule has 0 aromatic carbocycles. The standard InChI is InChI=1S/C18H32N2O4/c1-13-9-10-20(16(22)8-6-7-14(2)21)15(11-13)12-19-17(23)24-18(3,4)5/h13,15H,6-12H2,1-5H3,(H,19,23). The fraction of sp³-hybridized carbons (Fsp3) is 0.833. The van der Waals surface area contributed by atoms with Gasteiger partial charge in [0.2, 0.25) is 5.91 Å². The maximum atomic E-state index is 12.4. The Balaban J connectivity index is 2.54. The monoisotopic (exact) mass is 340 g/mol. The third kappa shape index (κ3) is 7.79. The fourth-order valence-electron chi connectivity index (χ4n) is 2.92. The second-order valence-electron chi connectivity index (χ2n) is 7.81. The van der Waals surface area contributed by atoms with Crippen molar-refractivity contribution in [2.24, 2.45) is 5.92 Å². The summed E-state index contributed by atoms with van der Waals surface area (Å²) in [6, 6.07) is -0.00824. The lowest BCUT2D eigenvalue weighted by atomic mass is 9.92. The molecule has 2 atom stereocenters. The molecule has 0 radical (unpaired) electrons. The zero-order valence-corrected chi connectivity index (χ0v) is 15.7. The predicted octanol–water partition coefficient (Wildman–Crippen LogP) is 2.90. The van der Waals surface area contributed by atoms with E-state index in [-0.39, 0.29) is 17.7 Å². The minimum absolute atomic E-state index is 0.00824. The van der Waals surface area contributed by atoms with Gasteiger partial charge in [0.05, 0.1) is 0 Å². The highest BCUT2D eigenvalue weighted by Crippen LogP contribution is 2.23. The number of alkyl carbamates (subject to hydrolysis) is 1. The van der Waals surface area contributed by atoms with Crippen LogP contribution in [0.4, 0.5) is 4.79 Å². The van der Waals surface area contributed by atoms with Gasteiger partial charge in [-0.25, -0.2) is 4.79 Å². The Morgan fingerprint density at radius 1 is 1.21 bits per heavy atom. The van der Waals surface area contributed by atoms with E-state index in [0.717, 1.165) is 12.8 Å². The smallest absolute Gasteiger partial charge is 0.407 e. The van der Waals surface area contributed by atoms with Crippen molar-refractivity contribution in [1.29, 1.82) is 0 Å². The Labute approximate surface area is 145 Å². The Hall–Kier alpha value is -1.59. The first-order valence-electron chi connectivity index (χ1n) is 8.84. The topological polar surface area (TPSA) is 75.7 Å². The van der Waals surface area contributed by atoms with Crippen LogP contribution in [0.3, 0.4) is 0 Å². The van der Waals surface area contributed by atoms with Crippen molar-refractivity contribution in [1.82, 2.24) is 10.2 Å². The summed E-state index contributed by atoms with van der Waals surface area (Å²) in [5, 5.41) is 2.78. The number of ether oxygens (including phenoxy) is 1. The van der Waals surface area contributed by atoms with Crippen LogP contribution in [0.2, 0.25) is 0 Å². The van der Waals surface area contributed by atoms with Gasteiger partial charge < -0.3 is 19.7 Å². The van der Waals surface area contributed by atoms with E-state index in [4.69, 9.17) is 4.74 Å². The normalized spacial score (nSPS) is 21.3. The molecule has 6 heteroatoms. The number of nitrogens with zero attached hydrogens (tertiary/aromatic N) is 1. The molecule has 24 heavy (non-hydrogen) atoms. The molecular weight excluding hydrogens is 308 g/mol. The number of rotatable bonds is 6. The molecule has 138 valence electrons. The molecule has 6 nitrogen and oxygen atoms in total. The number of nitrogens with one attached hydrogen (secondary N) is 1. The van der Waals surface area contributed by atoms with Crippen molar-refractivity contribution in [3.63, 3.8) is 0 Å². The van der Waals surface area contributed by atoms with E-state index in [1.807, 2.05) is 25.7 Å². The summed E-state index contributed by atoms with van der Waals surface area (Å²) in [6.07, 6.45) is 2.81. The van der Waals surface area contributed by atoms with Gasteiger partial charge in [-0.05, 0) is 52.9 Å². The van der Waals surface area contributed by atoms with E-state index in [2.05, 4.69) is 12.2 Å². The van der Waals surface area contributed by atoms with Crippen LogP contribution in [0.5, 0.6) is 0 Å². The van der Waals surface area contributed by atoms with E-state index in [1.54, 1.807) is 6.92 Å². The van der Waals surface area contributed by atoms with Crippen molar-refractivity contribution < 1.29 is 19.1 Å². The maximum Gasteiger partial charge on any atom is 0.407 e. The highest BCUT2D eigenvalue weighted by molar-refractivity contribution is 5.79. The summed E-state index contributed by atoms with van der Waals surface area (Å²) < 4.78 is 5.25. The van der Waals surface area contributed by atoms with E-state index in [0.29, 0.717) is 38.3 Å². The predicted molar refractivity (Wildman–Crippen MR) is 92.7 cm³/mol. The minimum atomic E-state index is -0.536. The molecule has 2 amide bonds. The molecular formula is C18H32N2O4. The summed E-state index contributed by atoms with van der Waals surface area (Å²) in [6.45, 7) is 10.3. The van der Waals surface area contributed by atoms with Gasteiger partial charge in [-0.15, -0.1) is 0 Å². The van der Waals surface area contributed by atoms with Gasteiger partial charge in [0.25, 0.3) is 0 Å². The molecule has 1 aliphatic rings. The highest BCUT2D eigenvalue weighted by Gasteiger charge is 2.30. The SMILES string of the molecule is CC(=O)CCCC(=O)N1CCC(C)CC1CNC(=O)OC(C)(C)C. The molecule has 1 saturated heterocycles. The molecule has 1 aliphatic heterocycles. The van der Waals surface area contributed by atoms with Crippen molar-refractivity contribution in [2.75, 3.05) is 13.1 Å². The summed E-state index contributed by atoms with van der Waals surface area (Å²) in [5.74, 6) is 0.703. The largest absolute Gasteiger partial charge is 0.444 e. The van der Waals surface area contributed by atoms with Crippen LogP contribution in [0.25, 0.3) is 0 Å². The lowest BCUT2D eigenvalue weighted by Gasteiger charge is -2.39. The van der Waals surface area contributed by atoms with E-state index in [9.17, 15) is 14.4 Å². The Morgan fingerprint density at radius 2 is 1.88 bits per heavy atom. The van der Waals surface area contributed by atoms with Gasteiger partial charge in [-0.2, -0.15) is 0 Å². The molecule has 0 aromatic heterocycles. The average molecular weight is 340 g/mol. The van der Waals surface area contributed by atoms with Crippen LogP contribution in [0, 0.1) is 5.92 Å². The van der Waals surface area contributed by atoms with Crippen LogP contribution >= 0.6 is 0 Å². The molecule has 0 aliphatic carbocycles. The van der Waals surface area contributed by atoms with E-state index in [1.165, 1.54) is 0 Å². The fourth-order valence-corrected chi connectivity index (χ4v) is 2.92. The first-order valence-corrected chi connectivity index (χ1v) is 8.84. The molecule has 0 saturated carbocycles. The molecule has 2 unspecified atom stereocenters. The zero-order chi connectivity index (χ0) is 18.3. The number of amides is 2. The molecule has 1 heterocycles. The zero-order valence-electron chi connectivity index (χ0n) is 15.7. The van der Waals surface area contributed by atoms with Gasteiger partial charge in [0.15, 0.2) is 0 Å². The minimum Gasteiger partial charge on any atom is -0.444 e. The number of carbonyl (C=O) groups is 3. The first kappa shape index (κ1) is 20.5. The van der Waals surface area contributed by atoms with Crippen LogP contribution in [0.1, 0.15) is 66.7 Å². The number of carbonyl (C=O) groups excluding carboxylic acids is 3. The number of Topliss-reactive ketones (excluding diaryl/α,β-unsaturated/α-hetero) is 1. The molecule has 0 aromatic rings. The summed E-state index contributed by atoms with van der Waals surface area (Å²) in [7, 11) is 0. The second-order valence-corrected chi connectivity index (χ2v) is 7.81. The van der Waals surface area contributed by atoms with Gasteiger partial charge in [-0.3, -0.25) is 4.79 Å².